The predicted octanol–water partition coefficient (Wildman–Crippen LogP) is 4.60. The van der Waals surface area contributed by atoms with E-state index in [1.54, 1.807) is 11.8 Å². The summed E-state index contributed by atoms with van der Waals surface area (Å²) in [6, 6.07) is 7.49. The van der Waals surface area contributed by atoms with E-state index in [2.05, 4.69) is 35.0 Å². The molecule has 2 N–H and O–H groups in total. The molecule has 124 valence electrons. The molecule has 2 atom stereocenters. The van der Waals surface area contributed by atoms with E-state index >= 15 is 0 Å². The number of carbonyl (C=O) groups is 1. The number of benzene rings is 1. The van der Waals surface area contributed by atoms with E-state index in [0.717, 1.165) is 22.7 Å². The van der Waals surface area contributed by atoms with Crippen LogP contribution in [-0.2, 0) is 0 Å². The van der Waals surface area contributed by atoms with E-state index in [1.807, 2.05) is 39.0 Å². The van der Waals surface area contributed by atoms with Crippen LogP contribution in [-0.4, -0.2) is 17.4 Å². The van der Waals surface area contributed by atoms with Gasteiger partial charge in [-0.2, -0.15) is 11.8 Å². The predicted molar refractivity (Wildman–Crippen MR) is 94.9 cm³/mol. The van der Waals surface area contributed by atoms with Gasteiger partial charge in [-0.05, 0) is 51.6 Å². The summed E-state index contributed by atoms with van der Waals surface area (Å²) in [6.07, 6.45) is 2.07. The number of nitrogens with one attached hydrogen (secondary N) is 2. The third-order valence-corrected chi connectivity index (χ3v) is 4.82. The summed E-state index contributed by atoms with van der Waals surface area (Å²) in [6.45, 7) is 7.77. The average molecular weight is 333 g/mol. The Bertz CT molecular complexity index is 665. The molecule has 6 heteroatoms. The first-order valence-electron chi connectivity index (χ1n) is 7.55. The summed E-state index contributed by atoms with van der Waals surface area (Å²) in [4.78, 5) is 12.2. The van der Waals surface area contributed by atoms with Gasteiger partial charge in [0.2, 0.25) is 0 Å². The van der Waals surface area contributed by atoms with Crippen LogP contribution in [0.1, 0.15) is 47.7 Å². The molecule has 2 aromatic rings. The van der Waals surface area contributed by atoms with Crippen LogP contribution >= 0.6 is 11.8 Å². The number of nitrogens with zero attached hydrogens (tertiary/aromatic N) is 1. The molecule has 2 rings (SSSR count). The highest BCUT2D eigenvalue weighted by Gasteiger charge is 2.18. The van der Waals surface area contributed by atoms with E-state index in [4.69, 9.17) is 4.52 Å². The monoisotopic (exact) mass is 333 g/mol. The lowest BCUT2D eigenvalue weighted by atomic mass is 10.1. The highest BCUT2D eigenvalue weighted by Crippen LogP contribution is 2.27. The largest absolute Gasteiger partial charge is 0.361 e. The molecule has 2 unspecified atom stereocenters. The molecule has 0 aliphatic carbocycles. The second-order valence-corrected chi connectivity index (χ2v) is 6.74. The van der Waals surface area contributed by atoms with E-state index in [1.165, 1.54) is 5.56 Å². The molecule has 0 saturated heterocycles. The average Bonchev–Trinajstić information content (AvgIpc) is 2.85. The highest BCUT2D eigenvalue weighted by molar-refractivity contribution is 7.98. The molecule has 0 radical (unpaired) electrons. The zero-order valence-corrected chi connectivity index (χ0v) is 15.0. The van der Waals surface area contributed by atoms with Gasteiger partial charge in [-0.25, -0.2) is 4.79 Å². The van der Waals surface area contributed by atoms with Gasteiger partial charge in [-0.1, -0.05) is 17.3 Å². The van der Waals surface area contributed by atoms with Crippen molar-refractivity contribution in [2.24, 2.45) is 0 Å². The quantitative estimate of drug-likeness (QED) is 0.839. The number of aryl methyl sites for hydroxylation is 2. The van der Waals surface area contributed by atoms with Crippen molar-refractivity contribution < 1.29 is 9.32 Å². The Morgan fingerprint density at radius 2 is 2.04 bits per heavy atom. The number of hydrogen-bond acceptors (Lipinski definition) is 4. The summed E-state index contributed by atoms with van der Waals surface area (Å²) >= 11 is 1.77. The molecule has 23 heavy (non-hydrogen) atoms. The van der Waals surface area contributed by atoms with Gasteiger partial charge in [-0.3, -0.25) is 0 Å². The van der Waals surface area contributed by atoms with Gasteiger partial charge in [0.15, 0.2) is 0 Å². The lowest BCUT2D eigenvalue weighted by Gasteiger charge is -2.15. The number of amides is 2. The highest BCUT2D eigenvalue weighted by atomic mass is 32.2. The molecule has 0 saturated carbocycles. The van der Waals surface area contributed by atoms with Crippen LogP contribution < -0.4 is 10.6 Å². The minimum Gasteiger partial charge on any atom is -0.361 e. The Hall–Kier alpha value is -1.95. The maximum absolute atomic E-state index is 12.2. The molecule has 1 aromatic heterocycles. The molecule has 0 fully saturated rings. The number of hydrogen-bond donors (Lipinski definition) is 2. The van der Waals surface area contributed by atoms with Gasteiger partial charge in [0, 0.05) is 16.5 Å². The maximum atomic E-state index is 12.2. The third kappa shape index (κ3) is 4.28. The van der Waals surface area contributed by atoms with Gasteiger partial charge in [0.25, 0.3) is 0 Å². The maximum Gasteiger partial charge on any atom is 0.319 e. The van der Waals surface area contributed by atoms with Crippen molar-refractivity contribution in [1.29, 1.82) is 0 Å². The lowest BCUT2D eigenvalue weighted by molar-refractivity contribution is 0.249. The van der Waals surface area contributed by atoms with Gasteiger partial charge in [-0.15, -0.1) is 0 Å². The van der Waals surface area contributed by atoms with Crippen molar-refractivity contribution in [2.75, 3.05) is 11.6 Å². The molecular weight excluding hydrogens is 310 g/mol. The van der Waals surface area contributed by atoms with Crippen molar-refractivity contribution >= 4 is 23.5 Å². The Morgan fingerprint density at radius 1 is 1.30 bits per heavy atom. The van der Waals surface area contributed by atoms with Crippen LogP contribution in [0.5, 0.6) is 0 Å². The standard InChI is InChI=1S/C17H23N3O2S/c1-10(16-11(2)20-22-12(16)3)18-17(21)19-15-8-6-7-14(9-15)13(4)23-5/h6-10,13H,1-5H3,(H2,18,19,21). The van der Waals surface area contributed by atoms with Crippen molar-refractivity contribution in [3.8, 4) is 0 Å². The van der Waals surface area contributed by atoms with Crippen molar-refractivity contribution in [2.45, 2.75) is 39.0 Å². The van der Waals surface area contributed by atoms with E-state index in [9.17, 15) is 4.79 Å². The smallest absolute Gasteiger partial charge is 0.319 e. The number of anilines is 1. The van der Waals surface area contributed by atoms with Gasteiger partial charge < -0.3 is 15.2 Å². The molecule has 1 heterocycles. The molecule has 5 nitrogen and oxygen atoms in total. The van der Waals surface area contributed by atoms with E-state index in [0.29, 0.717) is 5.25 Å². The number of urea groups is 1. The number of carbonyl (C=O) groups excluding carboxylic acids is 1. The first-order chi connectivity index (χ1) is 10.9. The fourth-order valence-electron chi connectivity index (χ4n) is 2.55. The summed E-state index contributed by atoms with van der Waals surface area (Å²) < 4.78 is 5.15. The van der Waals surface area contributed by atoms with E-state index < -0.39 is 0 Å². The van der Waals surface area contributed by atoms with Crippen LogP contribution in [0.25, 0.3) is 0 Å². The molecule has 1 aromatic carbocycles. The van der Waals surface area contributed by atoms with Crippen LogP contribution in [0.2, 0.25) is 0 Å². The van der Waals surface area contributed by atoms with Crippen LogP contribution in [0.3, 0.4) is 0 Å². The molecular formula is C17H23N3O2S. The Labute approximate surface area is 141 Å². The fourth-order valence-corrected chi connectivity index (χ4v) is 2.97. The minimum absolute atomic E-state index is 0.172. The molecule has 2 amide bonds. The van der Waals surface area contributed by atoms with Crippen molar-refractivity contribution in [3.05, 3.63) is 46.8 Å². The first kappa shape index (κ1) is 17.4. The Balaban J connectivity index is 2.02. The topological polar surface area (TPSA) is 67.2 Å². The van der Waals surface area contributed by atoms with Crippen molar-refractivity contribution in [1.82, 2.24) is 10.5 Å². The Morgan fingerprint density at radius 3 is 2.65 bits per heavy atom. The SMILES string of the molecule is CSC(C)c1cccc(NC(=O)NC(C)c2c(C)noc2C)c1. The molecule has 0 aliphatic heterocycles. The summed E-state index contributed by atoms with van der Waals surface area (Å²) in [7, 11) is 0. The second-order valence-electron chi connectivity index (χ2n) is 5.56. The normalized spacial score (nSPS) is 13.4. The van der Waals surface area contributed by atoms with Crippen molar-refractivity contribution in [3.63, 3.8) is 0 Å². The summed E-state index contributed by atoms with van der Waals surface area (Å²) in [5.74, 6) is 0.728. The fraction of sp³-hybridized carbons (Fsp3) is 0.412. The first-order valence-corrected chi connectivity index (χ1v) is 8.84. The second kappa shape index (κ2) is 7.55. The number of thioether (sulfide) groups is 1. The van der Waals surface area contributed by atoms with Gasteiger partial charge in [0.1, 0.15) is 5.76 Å². The van der Waals surface area contributed by atoms with Crippen LogP contribution in [0.15, 0.2) is 28.8 Å². The summed E-state index contributed by atoms with van der Waals surface area (Å²) in [5, 5.41) is 10.1. The molecule has 0 spiro atoms. The van der Waals surface area contributed by atoms with Crippen LogP contribution in [0, 0.1) is 13.8 Å². The number of aromatic nitrogens is 1. The van der Waals surface area contributed by atoms with Gasteiger partial charge in [0.05, 0.1) is 11.7 Å². The lowest BCUT2D eigenvalue weighted by Crippen LogP contribution is -2.31. The molecule has 0 aliphatic rings. The zero-order valence-electron chi connectivity index (χ0n) is 14.1. The summed E-state index contributed by atoms with van der Waals surface area (Å²) in [5.41, 5.74) is 3.69. The van der Waals surface area contributed by atoms with E-state index in [-0.39, 0.29) is 12.1 Å². The Kier molecular flexibility index (Phi) is 5.71. The number of rotatable bonds is 5. The van der Waals surface area contributed by atoms with Crippen LogP contribution in [0.4, 0.5) is 10.5 Å². The zero-order chi connectivity index (χ0) is 17.0. The molecule has 0 bridgehead atoms. The van der Waals surface area contributed by atoms with Gasteiger partial charge >= 0.3 is 6.03 Å². The minimum atomic E-state index is -0.244. The third-order valence-electron chi connectivity index (χ3n) is 3.84.